The summed E-state index contributed by atoms with van der Waals surface area (Å²) < 4.78 is 0. The van der Waals surface area contributed by atoms with Gasteiger partial charge in [0.15, 0.2) is 0 Å². The van der Waals surface area contributed by atoms with Crippen LogP contribution >= 0.6 is 0 Å². The molecule has 0 nitrogen and oxygen atoms in total. The van der Waals surface area contributed by atoms with Crippen LogP contribution in [0.3, 0.4) is 0 Å². The van der Waals surface area contributed by atoms with Gasteiger partial charge in [-0.15, -0.1) is 0 Å². The molecule has 0 fully saturated rings. The van der Waals surface area contributed by atoms with Crippen molar-refractivity contribution in [1.29, 1.82) is 0 Å². The SMILES string of the molecule is Cc1ccc(C(C)C)cc1.Cc1ccc(C(C)C)cc1.Cc1cccc(C(C)C)c1.Cc1cccc(C(C)C)c1. The van der Waals surface area contributed by atoms with Crippen molar-refractivity contribution < 1.29 is 0 Å². The van der Waals surface area contributed by atoms with E-state index in [-0.39, 0.29) is 0 Å². The van der Waals surface area contributed by atoms with Crippen molar-refractivity contribution in [2.75, 3.05) is 0 Å². The Bertz CT molecular complexity index is 1110. The molecule has 0 saturated carbocycles. The first-order valence-electron chi connectivity index (χ1n) is 15.1. The average molecular weight is 537 g/mol. The normalized spacial score (nSPS) is 10.4. The Morgan fingerprint density at radius 2 is 0.575 bits per heavy atom. The van der Waals surface area contributed by atoms with E-state index in [0.717, 1.165) is 0 Å². The van der Waals surface area contributed by atoms with Crippen molar-refractivity contribution in [3.63, 3.8) is 0 Å². The van der Waals surface area contributed by atoms with Gasteiger partial charge in [-0.05, 0) is 73.6 Å². The molecule has 0 bridgehead atoms. The highest BCUT2D eigenvalue weighted by molar-refractivity contribution is 5.26. The number of hydrogen-bond acceptors (Lipinski definition) is 0. The largest absolute Gasteiger partial charge is 0.0617 e. The van der Waals surface area contributed by atoms with Crippen molar-refractivity contribution in [3.05, 3.63) is 142 Å². The monoisotopic (exact) mass is 536 g/mol. The second-order valence-electron chi connectivity index (χ2n) is 12.3. The van der Waals surface area contributed by atoms with Crippen LogP contribution in [0.4, 0.5) is 0 Å². The van der Waals surface area contributed by atoms with Crippen LogP contribution in [0.2, 0.25) is 0 Å². The fraction of sp³-hybridized carbons (Fsp3) is 0.400. The quantitative estimate of drug-likeness (QED) is 0.243. The fourth-order valence-electron chi connectivity index (χ4n) is 3.96. The highest BCUT2D eigenvalue weighted by Gasteiger charge is 1.98. The second-order valence-corrected chi connectivity index (χ2v) is 12.3. The summed E-state index contributed by atoms with van der Waals surface area (Å²) in [6, 6.07) is 34.8. The predicted molar refractivity (Wildman–Crippen MR) is 181 cm³/mol. The van der Waals surface area contributed by atoms with E-state index in [1.165, 1.54) is 44.5 Å². The maximum atomic E-state index is 2.24. The summed E-state index contributed by atoms with van der Waals surface area (Å²) in [5.74, 6) is 2.61. The lowest BCUT2D eigenvalue weighted by Gasteiger charge is -2.04. The van der Waals surface area contributed by atoms with Crippen LogP contribution in [0.1, 0.15) is 124 Å². The second kappa shape index (κ2) is 18.3. The smallest absolute Gasteiger partial charge is 0.0219 e. The maximum absolute atomic E-state index is 2.24. The minimum atomic E-state index is 0.653. The minimum absolute atomic E-state index is 0.653. The third-order valence-electron chi connectivity index (χ3n) is 6.91. The molecule has 0 aliphatic rings. The van der Waals surface area contributed by atoms with Crippen LogP contribution in [0.15, 0.2) is 97.1 Å². The first kappa shape index (κ1) is 34.9. The Balaban J connectivity index is 0.000000267. The summed E-state index contributed by atoms with van der Waals surface area (Å²) in [5.41, 5.74) is 11.1. The Kier molecular flexibility index (Phi) is 15.9. The standard InChI is InChI=1S/4C10H14/c2*1-8(2)10-6-4-9(3)5-7-10;2*1-8(2)10-6-4-5-9(3)7-10/h4*4-8H,1-3H3. The van der Waals surface area contributed by atoms with Gasteiger partial charge in [-0.25, -0.2) is 0 Å². The van der Waals surface area contributed by atoms with Gasteiger partial charge in [-0.2, -0.15) is 0 Å². The van der Waals surface area contributed by atoms with E-state index in [9.17, 15) is 0 Å². The highest BCUT2D eigenvalue weighted by Crippen LogP contribution is 2.16. The number of rotatable bonds is 4. The predicted octanol–water partition coefficient (Wildman–Crippen LogP) is 12.5. The zero-order valence-corrected chi connectivity index (χ0v) is 27.5. The van der Waals surface area contributed by atoms with Crippen LogP contribution in [0.25, 0.3) is 0 Å². The van der Waals surface area contributed by atoms with Crippen LogP contribution in [0.5, 0.6) is 0 Å². The van der Waals surface area contributed by atoms with Gasteiger partial charge in [0.2, 0.25) is 0 Å². The molecule has 0 N–H and O–H groups in total. The molecule has 0 heteroatoms. The molecule has 4 aromatic carbocycles. The molecule has 0 aliphatic carbocycles. The molecular formula is C40H56. The molecule has 0 unspecified atom stereocenters. The van der Waals surface area contributed by atoms with Gasteiger partial charge in [0, 0.05) is 0 Å². The molecule has 0 aliphatic heterocycles. The molecule has 0 saturated heterocycles. The van der Waals surface area contributed by atoms with Gasteiger partial charge in [-0.1, -0.05) is 175 Å². The van der Waals surface area contributed by atoms with Gasteiger partial charge >= 0.3 is 0 Å². The number of aryl methyl sites for hydroxylation is 4. The van der Waals surface area contributed by atoms with Crippen LogP contribution in [-0.2, 0) is 0 Å². The van der Waals surface area contributed by atoms with E-state index in [1.54, 1.807) is 0 Å². The van der Waals surface area contributed by atoms with Crippen LogP contribution in [-0.4, -0.2) is 0 Å². The molecule has 216 valence electrons. The van der Waals surface area contributed by atoms with Crippen molar-refractivity contribution in [2.24, 2.45) is 0 Å². The van der Waals surface area contributed by atoms with Crippen LogP contribution < -0.4 is 0 Å². The Morgan fingerprint density at radius 3 is 0.775 bits per heavy atom. The van der Waals surface area contributed by atoms with Gasteiger partial charge in [-0.3, -0.25) is 0 Å². The first-order valence-corrected chi connectivity index (χ1v) is 15.1. The van der Waals surface area contributed by atoms with E-state index in [4.69, 9.17) is 0 Å². The third-order valence-corrected chi connectivity index (χ3v) is 6.91. The van der Waals surface area contributed by atoms with Gasteiger partial charge in [0.1, 0.15) is 0 Å². The van der Waals surface area contributed by atoms with E-state index in [1.807, 2.05) is 0 Å². The van der Waals surface area contributed by atoms with E-state index >= 15 is 0 Å². The summed E-state index contributed by atoms with van der Waals surface area (Å²) in [5, 5.41) is 0. The molecule has 0 heterocycles. The highest BCUT2D eigenvalue weighted by atomic mass is 14.0. The number of hydrogen-bond donors (Lipinski definition) is 0. The summed E-state index contributed by atoms with van der Waals surface area (Å²) in [7, 11) is 0. The first-order chi connectivity index (χ1) is 18.8. The van der Waals surface area contributed by atoms with Gasteiger partial charge < -0.3 is 0 Å². The number of benzene rings is 4. The molecule has 0 radical (unpaired) electrons. The molecule has 0 atom stereocenters. The molecule has 0 aromatic heterocycles. The Morgan fingerprint density at radius 1 is 0.300 bits per heavy atom. The third kappa shape index (κ3) is 14.3. The van der Waals surface area contributed by atoms with Crippen molar-refractivity contribution >= 4 is 0 Å². The molecule has 4 rings (SSSR count). The molecule has 0 amide bonds. The molecule has 0 spiro atoms. The lowest BCUT2D eigenvalue weighted by Crippen LogP contribution is -1.86. The van der Waals surface area contributed by atoms with Gasteiger partial charge in [0.05, 0.1) is 0 Å². The zero-order chi connectivity index (χ0) is 30.2. The summed E-state index contributed by atoms with van der Waals surface area (Å²) in [6.45, 7) is 26.2. The van der Waals surface area contributed by atoms with Crippen molar-refractivity contribution in [1.82, 2.24) is 0 Å². The molecular weight excluding hydrogens is 480 g/mol. The van der Waals surface area contributed by atoms with Gasteiger partial charge in [0.25, 0.3) is 0 Å². The molecule has 40 heavy (non-hydrogen) atoms. The summed E-state index contributed by atoms with van der Waals surface area (Å²) in [4.78, 5) is 0. The Hall–Kier alpha value is -3.12. The van der Waals surface area contributed by atoms with E-state index < -0.39 is 0 Å². The van der Waals surface area contributed by atoms with Crippen molar-refractivity contribution in [3.8, 4) is 0 Å². The topological polar surface area (TPSA) is 0 Å². The van der Waals surface area contributed by atoms with E-state index in [0.29, 0.717) is 23.7 Å². The lowest BCUT2D eigenvalue weighted by molar-refractivity contribution is 0.865. The van der Waals surface area contributed by atoms with E-state index in [2.05, 4.69) is 180 Å². The summed E-state index contributed by atoms with van der Waals surface area (Å²) in [6.07, 6.45) is 0. The van der Waals surface area contributed by atoms with Crippen molar-refractivity contribution in [2.45, 2.75) is 107 Å². The maximum Gasteiger partial charge on any atom is -0.0219 e. The fourth-order valence-corrected chi connectivity index (χ4v) is 3.96. The van der Waals surface area contributed by atoms with Crippen LogP contribution in [0, 0.1) is 27.7 Å². The zero-order valence-electron chi connectivity index (χ0n) is 27.5. The average Bonchev–Trinajstić information content (AvgIpc) is 2.90. The summed E-state index contributed by atoms with van der Waals surface area (Å²) >= 11 is 0. The lowest BCUT2D eigenvalue weighted by atomic mass is 10.0. The molecule has 4 aromatic rings. The minimum Gasteiger partial charge on any atom is -0.0617 e. The Labute approximate surface area is 247 Å².